The number of hydrogen-bond donors (Lipinski definition) is 0. The molecule has 0 bridgehead atoms. The zero-order valence-corrected chi connectivity index (χ0v) is 15.6. The molecular weight excluding hydrogens is 332 g/mol. The first-order valence-corrected chi connectivity index (χ1v) is 8.59. The van der Waals surface area contributed by atoms with Gasteiger partial charge in [0.25, 0.3) is 0 Å². The van der Waals surface area contributed by atoms with E-state index in [0.29, 0.717) is 6.61 Å². The summed E-state index contributed by atoms with van der Waals surface area (Å²) in [5, 5.41) is 0. The molecule has 1 aromatic rings. The van der Waals surface area contributed by atoms with Gasteiger partial charge in [-0.15, -0.1) is 0 Å². The minimum atomic E-state index is -0.264. The maximum absolute atomic E-state index is 6.20. The van der Waals surface area contributed by atoms with Crippen molar-refractivity contribution in [3.63, 3.8) is 0 Å². The van der Waals surface area contributed by atoms with E-state index < -0.39 is 0 Å². The Labute approximate surface area is 147 Å². The van der Waals surface area contributed by atoms with Crippen LogP contribution < -0.4 is 4.74 Å². The molecule has 1 aliphatic rings. The monoisotopic (exact) mass is 358 g/mol. The van der Waals surface area contributed by atoms with Crippen LogP contribution in [-0.2, 0) is 23.7 Å². The number of thioether (sulfide) groups is 1. The Morgan fingerprint density at radius 2 is 1.50 bits per heavy atom. The summed E-state index contributed by atoms with van der Waals surface area (Å²) in [5.41, 5.74) is -0.236. The van der Waals surface area contributed by atoms with E-state index in [1.54, 1.807) is 47.3 Å². The highest BCUT2D eigenvalue weighted by Crippen LogP contribution is 2.36. The van der Waals surface area contributed by atoms with Gasteiger partial charge < -0.3 is 28.4 Å². The van der Waals surface area contributed by atoms with E-state index >= 15 is 0 Å². The standard InChI is InChI=1S/C17H26O6S/c1-18-10-13-14(20-3)15(21-4)16(22-5)17(23-13)24-12-8-6-11(19-2)7-9-12/h6-9,13-17H,10H2,1-5H3/t13-,14-,15+,16-,17+/m1/s1. The average molecular weight is 358 g/mol. The Bertz CT molecular complexity index is 482. The summed E-state index contributed by atoms with van der Waals surface area (Å²) >= 11 is 1.58. The highest BCUT2D eigenvalue weighted by atomic mass is 32.2. The van der Waals surface area contributed by atoms with Gasteiger partial charge >= 0.3 is 0 Å². The third kappa shape index (κ3) is 4.41. The van der Waals surface area contributed by atoms with Crippen molar-refractivity contribution in [2.75, 3.05) is 42.2 Å². The van der Waals surface area contributed by atoms with Crippen LogP contribution in [0.1, 0.15) is 0 Å². The molecular formula is C17H26O6S. The van der Waals surface area contributed by atoms with Crippen LogP contribution in [0.3, 0.4) is 0 Å². The SMILES string of the molecule is COC[C@H]1O[C@@H](Sc2ccc(OC)cc2)[C@H](OC)[C@@H](OC)[C@@H]1OC. The van der Waals surface area contributed by atoms with E-state index in [0.717, 1.165) is 10.6 Å². The van der Waals surface area contributed by atoms with Crippen molar-refractivity contribution in [3.8, 4) is 5.75 Å². The van der Waals surface area contributed by atoms with Crippen LogP contribution in [0.5, 0.6) is 5.75 Å². The van der Waals surface area contributed by atoms with Crippen LogP contribution in [0.15, 0.2) is 29.2 Å². The van der Waals surface area contributed by atoms with Crippen molar-refractivity contribution < 1.29 is 28.4 Å². The second-order valence-electron chi connectivity index (χ2n) is 5.39. The normalized spacial score (nSPS) is 30.3. The summed E-state index contributed by atoms with van der Waals surface area (Å²) in [6.45, 7) is 0.425. The number of benzene rings is 1. The van der Waals surface area contributed by atoms with Gasteiger partial charge in [0, 0.05) is 33.3 Å². The van der Waals surface area contributed by atoms with Gasteiger partial charge in [0.05, 0.1) is 13.7 Å². The molecule has 24 heavy (non-hydrogen) atoms. The van der Waals surface area contributed by atoms with Crippen molar-refractivity contribution in [1.29, 1.82) is 0 Å². The lowest BCUT2D eigenvalue weighted by Crippen LogP contribution is -2.59. The van der Waals surface area contributed by atoms with E-state index in [9.17, 15) is 0 Å². The molecule has 0 unspecified atom stereocenters. The van der Waals surface area contributed by atoms with Gasteiger partial charge in [-0.2, -0.15) is 0 Å². The molecule has 1 heterocycles. The second kappa shape index (κ2) is 9.60. The maximum atomic E-state index is 6.20. The van der Waals surface area contributed by atoms with E-state index in [1.807, 2.05) is 24.3 Å². The third-order valence-corrected chi connectivity index (χ3v) is 5.21. The Hall–Kier alpha value is -0.830. The molecule has 1 aromatic carbocycles. The van der Waals surface area contributed by atoms with Crippen LogP contribution in [0.2, 0.25) is 0 Å². The van der Waals surface area contributed by atoms with Crippen LogP contribution in [0.25, 0.3) is 0 Å². The van der Waals surface area contributed by atoms with Crippen LogP contribution in [-0.4, -0.2) is 72.0 Å². The Morgan fingerprint density at radius 1 is 0.875 bits per heavy atom. The molecule has 0 saturated carbocycles. The number of hydrogen-bond acceptors (Lipinski definition) is 7. The van der Waals surface area contributed by atoms with Gasteiger partial charge in [0.2, 0.25) is 0 Å². The van der Waals surface area contributed by atoms with Gasteiger partial charge in [-0.05, 0) is 24.3 Å². The molecule has 1 saturated heterocycles. The highest BCUT2D eigenvalue weighted by molar-refractivity contribution is 7.99. The fraction of sp³-hybridized carbons (Fsp3) is 0.647. The summed E-state index contributed by atoms with van der Waals surface area (Å²) in [6.07, 6.45) is -0.996. The lowest BCUT2D eigenvalue weighted by Gasteiger charge is -2.44. The highest BCUT2D eigenvalue weighted by Gasteiger charge is 2.47. The van der Waals surface area contributed by atoms with E-state index in [2.05, 4.69) is 0 Å². The summed E-state index contributed by atoms with van der Waals surface area (Å²) < 4.78 is 33.6. The molecule has 0 radical (unpaired) electrons. The number of ether oxygens (including phenoxy) is 6. The number of rotatable bonds is 8. The van der Waals surface area contributed by atoms with Gasteiger partial charge in [0.1, 0.15) is 35.6 Å². The molecule has 0 aromatic heterocycles. The molecule has 1 aliphatic heterocycles. The van der Waals surface area contributed by atoms with Crippen LogP contribution in [0, 0.1) is 0 Å². The molecule has 6 nitrogen and oxygen atoms in total. The Kier molecular flexibility index (Phi) is 7.80. The first-order valence-electron chi connectivity index (χ1n) is 7.72. The summed E-state index contributed by atoms with van der Waals surface area (Å²) in [5.74, 6) is 0.818. The van der Waals surface area contributed by atoms with Gasteiger partial charge in [-0.1, -0.05) is 11.8 Å². The molecule has 136 valence electrons. The third-order valence-electron chi connectivity index (χ3n) is 4.05. The molecule has 0 amide bonds. The maximum Gasteiger partial charge on any atom is 0.137 e. The molecule has 2 rings (SSSR count). The lowest BCUT2D eigenvalue weighted by molar-refractivity contribution is -0.229. The van der Waals surface area contributed by atoms with Gasteiger partial charge in [-0.3, -0.25) is 0 Å². The van der Waals surface area contributed by atoms with Crippen molar-refractivity contribution in [3.05, 3.63) is 24.3 Å². The fourth-order valence-electron chi connectivity index (χ4n) is 2.86. The summed E-state index contributed by atoms with van der Waals surface area (Å²) in [4.78, 5) is 1.06. The van der Waals surface area contributed by atoms with Gasteiger partial charge in [-0.25, -0.2) is 0 Å². The first kappa shape index (κ1) is 19.5. The quantitative estimate of drug-likeness (QED) is 0.706. The largest absolute Gasteiger partial charge is 0.497 e. The van der Waals surface area contributed by atoms with Crippen molar-refractivity contribution in [1.82, 2.24) is 0 Å². The predicted octanol–water partition coefficient (Wildman–Crippen LogP) is 2.20. The lowest BCUT2D eigenvalue weighted by atomic mass is 9.99. The summed E-state index contributed by atoms with van der Waals surface area (Å²) in [7, 11) is 8.26. The molecule has 7 heteroatoms. The van der Waals surface area contributed by atoms with E-state index in [4.69, 9.17) is 28.4 Å². The molecule has 5 atom stereocenters. The minimum Gasteiger partial charge on any atom is -0.497 e. The Balaban J connectivity index is 2.18. The first-order chi connectivity index (χ1) is 11.7. The molecule has 0 aliphatic carbocycles. The number of methoxy groups -OCH3 is 5. The topological polar surface area (TPSA) is 55.4 Å². The zero-order valence-electron chi connectivity index (χ0n) is 14.8. The predicted molar refractivity (Wildman–Crippen MR) is 91.8 cm³/mol. The van der Waals surface area contributed by atoms with Crippen molar-refractivity contribution in [2.45, 2.75) is 34.7 Å². The molecule has 0 N–H and O–H groups in total. The molecule has 0 spiro atoms. The van der Waals surface area contributed by atoms with Crippen LogP contribution >= 0.6 is 11.8 Å². The van der Waals surface area contributed by atoms with E-state index in [-0.39, 0.29) is 29.9 Å². The zero-order chi connectivity index (χ0) is 17.5. The summed E-state index contributed by atoms with van der Waals surface area (Å²) in [6, 6.07) is 7.83. The van der Waals surface area contributed by atoms with Crippen molar-refractivity contribution in [2.24, 2.45) is 0 Å². The average Bonchev–Trinajstić information content (AvgIpc) is 2.62. The fourth-order valence-corrected chi connectivity index (χ4v) is 4.02. The van der Waals surface area contributed by atoms with E-state index in [1.165, 1.54) is 0 Å². The second-order valence-corrected chi connectivity index (χ2v) is 6.56. The minimum absolute atomic E-state index is 0.230. The van der Waals surface area contributed by atoms with Crippen molar-refractivity contribution >= 4 is 11.8 Å². The van der Waals surface area contributed by atoms with Crippen LogP contribution in [0.4, 0.5) is 0 Å². The molecule has 1 fully saturated rings. The smallest absolute Gasteiger partial charge is 0.137 e. The van der Waals surface area contributed by atoms with Gasteiger partial charge in [0.15, 0.2) is 0 Å². The Morgan fingerprint density at radius 3 is 2.00 bits per heavy atom.